The smallest absolute Gasteiger partial charge is 0.0761 e. The average Bonchev–Trinajstić information content (AvgIpc) is 2.15. The summed E-state index contributed by atoms with van der Waals surface area (Å²) in [5, 5.41) is 12.6. The van der Waals surface area contributed by atoms with Crippen molar-refractivity contribution in [3.8, 4) is 0 Å². The molecule has 0 fully saturated rings. The van der Waals surface area contributed by atoms with Crippen LogP contribution in [-0.2, 0) is 0 Å². The summed E-state index contributed by atoms with van der Waals surface area (Å²) in [6.45, 7) is 7.11. The van der Waals surface area contributed by atoms with Gasteiger partial charge in [0.25, 0.3) is 0 Å². The monoisotopic (exact) mass is 193 g/mol. The van der Waals surface area contributed by atoms with E-state index in [0.717, 1.165) is 17.8 Å². The molecular weight excluding hydrogens is 174 g/mol. The molecule has 2 nitrogen and oxygen atoms in total. The standard InChI is InChI=1S/C12H19NO/c1-9(2)8-13-12-6-4-11(5-7-12)10(3)14/h4-7,9-10,13-14H,8H2,1-3H3. The lowest BCUT2D eigenvalue weighted by Crippen LogP contribution is -2.07. The van der Waals surface area contributed by atoms with E-state index in [1.54, 1.807) is 6.92 Å². The fourth-order valence-electron chi connectivity index (χ4n) is 1.20. The summed E-state index contributed by atoms with van der Waals surface area (Å²) in [5.74, 6) is 0.645. The Balaban J connectivity index is 2.55. The molecule has 0 aliphatic carbocycles. The molecule has 1 aromatic carbocycles. The first-order valence-electron chi connectivity index (χ1n) is 5.11. The first-order valence-corrected chi connectivity index (χ1v) is 5.11. The van der Waals surface area contributed by atoms with Crippen LogP contribution in [0.15, 0.2) is 24.3 Å². The highest BCUT2D eigenvalue weighted by molar-refractivity contribution is 5.44. The Bertz CT molecular complexity index is 264. The van der Waals surface area contributed by atoms with Crippen LogP contribution in [0.1, 0.15) is 32.4 Å². The van der Waals surface area contributed by atoms with Crippen LogP contribution in [0.3, 0.4) is 0 Å². The van der Waals surface area contributed by atoms with E-state index in [2.05, 4.69) is 19.2 Å². The summed E-state index contributed by atoms with van der Waals surface area (Å²) in [7, 11) is 0. The van der Waals surface area contributed by atoms with Crippen molar-refractivity contribution in [2.75, 3.05) is 11.9 Å². The van der Waals surface area contributed by atoms with Crippen LogP contribution < -0.4 is 5.32 Å². The quantitative estimate of drug-likeness (QED) is 0.770. The van der Waals surface area contributed by atoms with Crippen LogP contribution in [0, 0.1) is 5.92 Å². The van der Waals surface area contributed by atoms with Gasteiger partial charge < -0.3 is 10.4 Å². The topological polar surface area (TPSA) is 32.3 Å². The van der Waals surface area contributed by atoms with Crippen molar-refractivity contribution in [3.05, 3.63) is 29.8 Å². The van der Waals surface area contributed by atoms with E-state index in [4.69, 9.17) is 0 Å². The molecule has 1 rings (SSSR count). The molecule has 0 bridgehead atoms. The second-order valence-corrected chi connectivity index (χ2v) is 4.07. The SMILES string of the molecule is CC(C)CNc1ccc(C(C)O)cc1. The average molecular weight is 193 g/mol. The van der Waals surface area contributed by atoms with Crippen molar-refractivity contribution < 1.29 is 5.11 Å². The van der Waals surface area contributed by atoms with Gasteiger partial charge in [-0.25, -0.2) is 0 Å². The second-order valence-electron chi connectivity index (χ2n) is 4.07. The minimum atomic E-state index is -0.380. The zero-order valence-corrected chi connectivity index (χ0v) is 9.12. The Morgan fingerprint density at radius 2 is 1.71 bits per heavy atom. The van der Waals surface area contributed by atoms with Gasteiger partial charge in [-0.2, -0.15) is 0 Å². The van der Waals surface area contributed by atoms with E-state index in [1.165, 1.54) is 0 Å². The predicted molar refractivity (Wildman–Crippen MR) is 60.4 cm³/mol. The molecule has 2 heteroatoms. The number of hydrogen-bond acceptors (Lipinski definition) is 2. The molecule has 2 N–H and O–H groups in total. The molecule has 0 aliphatic rings. The van der Waals surface area contributed by atoms with Gasteiger partial charge in [-0.1, -0.05) is 26.0 Å². The van der Waals surface area contributed by atoms with Crippen LogP contribution in [0.2, 0.25) is 0 Å². The van der Waals surface area contributed by atoms with E-state index in [0.29, 0.717) is 5.92 Å². The van der Waals surface area contributed by atoms with E-state index >= 15 is 0 Å². The van der Waals surface area contributed by atoms with Crippen LogP contribution in [-0.4, -0.2) is 11.7 Å². The van der Waals surface area contributed by atoms with Crippen molar-refractivity contribution in [2.45, 2.75) is 26.9 Å². The van der Waals surface area contributed by atoms with Gasteiger partial charge in [0.1, 0.15) is 0 Å². The molecule has 0 saturated carbocycles. The Morgan fingerprint density at radius 1 is 1.14 bits per heavy atom. The number of aliphatic hydroxyl groups is 1. The Labute approximate surface area is 86.0 Å². The molecule has 0 radical (unpaired) electrons. The number of aliphatic hydroxyl groups excluding tert-OH is 1. The summed E-state index contributed by atoms with van der Waals surface area (Å²) in [4.78, 5) is 0. The van der Waals surface area contributed by atoms with Gasteiger partial charge in [0, 0.05) is 12.2 Å². The minimum absolute atomic E-state index is 0.380. The lowest BCUT2D eigenvalue weighted by Gasteiger charge is -2.10. The van der Waals surface area contributed by atoms with Gasteiger partial charge in [0.15, 0.2) is 0 Å². The van der Waals surface area contributed by atoms with Gasteiger partial charge in [0.05, 0.1) is 6.10 Å². The van der Waals surface area contributed by atoms with Gasteiger partial charge in [-0.05, 0) is 30.5 Å². The Morgan fingerprint density at radius 3 is 2.14 bits per heavy atom. The zero-order chi connectivity index (χ0) is 10.6. The summed E-state index contributed by atoms with van der Waals surface area (Å²) in [6.07, 6.45) is -0.380. The first kappa shape index (κ1) is 11.1. The van der Waals surface area contributed by atoms with E-state index in [-0.39, 0.29) is 6.10 Å². The number of anilines is 1. The second kappa shape index (κ2) is 5.01. The van der Waals surface area contributed by atoms with Crippen molar-refractivity contribution in [2.24, 2.45) is 5.92 Å². The van der Waals surface area contributed by atoms with Crippen molar-refractivity contribution in [3.63, 3.8) is 0 Å². The molecule has 1 unspecified atom stereocenters. The molecular formula is C12H19NO. The van der Waals surface area contributed by atoms with E-state index < -0.39 is 0 Å². The van der Waals surface area contributed by atoms with Crippen LogP contribution in [0.25, 0.3) is 0 Å². The number of benzene rings is 1. The summed E-state index contributed by atoms with van der Waals surface area (Å²) in [5.41, 5.74) is 2.07. The third-order valence-corrected chi connectivity index (χ3v) is 2.11. The minimum Gasteiger partial charge on any atom is -0.389 e. The third-order valence-electron chi connectivity index (χ3n) is 2.11. The largest absolute Gasteiger partial charge is 0.389 e. The maximum atomic E-state index is 9.31. The lowest BCUT2D eigenvalue weighted by molar-refractivity contribution is 0.199. The molecule has 78 valence electrons. The number of hydrogen-bond donors (Lipinski definition) is 2. The first-order chi connectivity index (χ1) is 6.59. The maximum absolute atomic E-state index is 9.31. The third kappa shape index (κ3) is 3.38. The van der Waals surface area contributed by atoms with Gasteiger partial charge in [-0.15, -0.1) is 0 Å². The summed E-state index contributed by atoms with van der Waals surface area (Å²) < 4.78 is 0. The van der Waals surface area contributed by atoms with Gasteiger partial charge >= 0.3 is 0 Å². The molecule has 0 spiro atoms. The highest BCUT2D eigenvalue weighted by Crippen LogP contribution is 2.15. The molecule has 1 aromatic rings. The van der Waals surface area contributed by atoms with Crippen molar-refractivity contribution >= 4 is 5.69 Å². The van der Waals surface area contributed by atoms with Crippen molar-refractivity contribution in [1.29, 1.82) is 0 Å². The Hall–Kier alpha value is -1.02. The molecule has 0 aliphatic heterocycles. The van der Waals surface area contributed by atoms with Crippen LogP contribution in [0.4, 0.5) is 5.69 Å². The number of nitrogens with one attached hydrogen (secondary N) is 1. The molecule has 0 heterocycles. The molecule has 0 aromatic heterocycles. The highest BCUT2D eigenvalue weighted by Gasteiger charge is 2.00. The molecule has 14 heavy (non-hydrogen) atoms. The van der Waals surface area contributed by atoms with Crippen LogP contribution >= 0.6 is 0 Å². The van der Waals surface area contributed by atoms with Crippen LogP contribution in [0.5, 0.6) is 0 Å². The fourth-order valence-corrected chi connectivity index (χ4v) is 1.20. The summed E-state index contributed by atoms with van der Waals surface area (Å²) >= 11 is 0. The van der Waals surface area contributed by atoms with E-state index in [1.807, 2.05) is 24.3 Å². The number of rotatable bonds is 4. The van der Waals surface area contributed by atoms with Gasteiger partial charge in [0.2, 0.25) is 0 Å². The van der Waals surface area contributed by atoms with Gasteiger partial charge in [-0.3, -0.25) is 0 Å². The molecule has 1 atom stereocenters. The normalized spacial score (nSPS) is 12.9. The van der Waals surface area contributed by atoms with E-state index in [9.17, 15) is 5.11 Å². The fraction of sp³-hybridized carbons (Fsp3) is 0.500. The Kier molecular flexibility index (Phi) is 3.96. The zero-order valence-electron chi connectivity index (χ0n) is 9.12. The predicted octanol–water partition coefficient (Wildman–Crippen LogP) is 2.81. The maximum Gasteiger partial charge on any atom is 0.0761 e. The van der Waals surface area contributed by atoms with Crippen molar-refractivity contribution in [1.82, 2.24) is 0 Å². The molecule has 0 amide bonds. The highest BCUT2D eigenvalue weighted by atomic mass is 16.3. The summed E-state index contributed by atoms with van der Waals surface area (Å²) in [6, 6.07) is 7.91. The molecule has 0 saturated heterocycles. The lowest BCUT2D eigenvalue weighted by atomic mass is 10.1.